The Morgan fingerprint density at radius 1 is 1.25 bits per heavy atom. The first-order chi connectivity index (χ1) is 11.3. The van der Waals surface area contributed by atoms with Crippen LogP contribution in [0.4, 0.5) is 4.79 Å². The van der Waals surface area contributed by atoms with Crippen molar-refractivity contribution < 1.29 is 19.1 Å². The molecule has 2 N–H and O–H groups in total. The van der Waals surface area contributed by atoms with E-state index >= 15 is 0 Å². The molecule has 24 heavy (non-hydrogen) atoms. The van der Waals surface area contributed by atoms with Gasteiger partial charge in [-0.2, -0.15) is 0 Å². The number of carbonyl (C=O) groups is 3. The summed E-state index contributed by atoms with van der Waals surface area (Å²) >= 11 is 1.36. The van der Waals surface area contributed by atoms with Crippen LogP contribution in [0.1, 0.15) is 31.4 Å². The molecule has 1 aromatic carbocycles. The van der Waals surface area contributed by atoms with E-state index in [-0.39, 0.29) is 11.8 Å². The Morgan fingerprint density at radius 3 is 2.58 bits per heavy atom. The van der Waals surface area contributed by atoms with E-state index in [2.05, 4.69) is 10.6 Å². The van der Waals surface area contributed by atoms with E-state index in [0.717, 1.165) is 22.4 Å². The highest BCUT2D eigenvalue weighted by Crippen LogP contribution is 2.23. The number of amides is 3. The largest absolute Gasteiger partial charge is 0.455 e. The lowest BCUT2D eigenvalue weighted by molar-refractivity contribution is -0.145. The predicted octanol–water partition coefficient (Wildman–Crippen LogP) is 2.56. The summed E-state index contributed by atoms with van der Waals surface area (Å²) in [7, 11) is 0. The van der Waals surface area contributed by atoms with Crippen molar-refractivity contribution in [3.63, 3.8) is 0 Å². The highest BCUT2D eigenvalue weighted by Gasteiger charge is 2.12. The van der Waals surface area contributed by atoms with Crippen molar-refractivity contribution in [2.45, 2.75) is 45.1 Å². The number of benzene rings is 1. The summed E-state index contributed by atoms with van der Waals surface area (Å²) in [6.07, 6.45) is 0.756. The first kappa shape index (κ1) is 20.0. The minimum absolute atomic E-state index is 0.0329. The Kier molecular flexibility index (Phi) is 8.32. The summed E-state index contributed by atoms with van der Waals surface area (Å²) in [6, 6.07) is 5.35. The molecule has 0 radical (unpaired) electrons. The van der Waals surface area contributed by atoms with Gasteiger partial charge in [-0.05, 0) is 38.8 Å². The lowest BCUT2D eigenvalue weighted by atomic mass is 10.2. The van der Waals surface area contributed by atoms with Gasteiger partial charge >= 0.3 is 12.0 Å². The van der Waals surface area contributed by atoms with Crippen LogP contribution in [-0.4, -0.2) is 36.3 Å². The molecule has 0 saturated heterocycles. The SMILES string of the molecule is CC[C@H](C)NC(=O)NC(=O)COC(=O)CSc1ccc(C)cc1C. The standard InChI is InChI=1S/C17H24N2O4S/c1-5-13(4)18-17(22)19-15(20)9-23-16(21)10-24-14-7-6-11(2)8-12(14)3/h6-8,13H,5,9-10H2,1-4H3,(H2,18,19,20,22)/t13-/m0/s1. The number of esters is 1. The molecule has 0 aromatic heterocycles. The summed E-state index contributed by atoms with van der Waals surface area (Å²) in [5.41, 5.74) is 2.25. The Bertz CT molecular complexity index is 604. The summed E-state index contributed by atoms with van der Waals surface area (Å²) in [4.78, 5) is 35.7. The third-order valence-corrected chi connectivity index (χ3v) is 4.43. The average molecular weight is 352 g/mol. The molecular weight excluding hydrogens is 328 g/mol. The van der Waals surface area contributed by atoms with Crippen molar-refractivity contribution in [3.05, 3.63) is 29.3 Å². The van der Waals surface area contributed by atoms with Crippen molar-refractivity contribution in [1.82, 2.24) is 10.6 Å². The molecule has 0 unspecified atom stereocenters. The van der Waals surface area contributed by atoms with Gasteiger partial charge in [0.25, 0.3) is 5.91 Å². The van der Waals surface area contributed by atoms with Crippen LogP contribution in [0.3, 0.4) is 0 Å². The molecule has 0 aliphatic carbocycles. The van der Waals surface area contributed by atoms with Gasteiger partial charge in [0.15, 0.2) is 6.61 Å². The number of hydrogen-bond donors (Lipinski definition) is 2. The molecule has 1 atom stereocenters. The van der Waals surface area contributed by atoms with Gasteiger partial charge in [-0.1, -0.05) is 24.6 Å². The molecule has 0 aliphatic rings. The van der Waals surface area contributed by atoms with Crippen molar-refractivity contribution in [1.29, 1.82) is 0 Å². The van der Waals surface area contributed by atoms with Crippen molar-refractivity contribution >= 4 is 29.7 Å². The maximum absolute atomic E-state index is 11.7. The average Bonchev–Trinajstić information content (AvgIpc) is 2.51. The van der Waals surface area contributed by atoms with Gasteiger partial charge in [-0.3, -0.25) is 14.9 Å². The van der Waals surface area contributed by atoms with Crippen LogP contribution in [0, 0.1) is 13.8 Å². The topological polar surface area (TPSA) is 84.5 Å². The molecule has 3 amide bonds. The van der Waals surface area contributed by atoms with Gasteiger partial charge in [0.1, 0.15) is 0 Å². The molecule has 7 heteroatoms. The van der Waals surface area contributed by atoms with Crippen molar-refractivity contribution in [2.24, 2.45) is 0 Å². The van der Waals surface area contributed by atoms with E-state index < -0.39 is 24.5 Å². The molecule has 0 bridgehead atoms. The second-order valence-electron chi connectivity index (χ2n) is 5.55. The fraction of sp³-hybridized carbons (Fsp3) is 0.471. The fourth-order valence-corrected chi connectivity index (χ4v) is 2.62. The Balaban J connectivity index is 2.30. The molecule has 6 nitrogen and oxygen atoms in total. The van der Waals surface area contributed by atoms with E-state index in [4.69, 9.17) is 4.74 Å². The predicted molar refractivity (Wildman–Crippen MR) is 94.0 cm³/mol. The molecule has 0 saturated carbocycles. The summed E-state index contributed by atoms with van der Waals surface area (Å²) in [6.45, 7) is 7.26. The number of rotatable bonds is 7. The summed E-state index contributed by atoms with van der Waals surface area (Å²) in [5.74, 6) is -1.05. The zero-order chi connectivity index (χ0) is 18.1. The number of thioether (sulfide) groups is 1. The number of ether oxygens (including phenoxy) is 1. The monoisotopic (exact) mass is 352 g/mol. The van der Waals surface area contributed by atoms with Gasteiger partial charge in [-0.15, -0.1) is 11.8 Å². The molecule has 1 aromatic rings. The smallest absolute Gasteiger partial charge is 0.321 e. The van der Waals surface area contributed by atoms with Crippen LogP contribution in [0.25, 0.3) is 0 Å². The number of hydrogen-bond acceptors (Lipinski definition) is 5. The lowest BCUT2D eigenvalue weighted by Gasteiger charge is -2.11. The molecule has 132 valence electrons. The highest BCUT2D eigenvalue weighted by atomic mass is 32.2. The number of nitrogens with one attached hydrogen (secondary N) is 2. The lowest BCUT2D eigenvalue weighted by Crippen LogP contribution is -2.44. The zero-order valence-corrected chi connectivity index (χ0v) is 15.3. The van der Waals surface area contributed by atoms with E-state index in [0.29, 0.717) is 0 Å². The normalized spacial score (nSPS) is 11.5. The summed E-state index contributed by atoms with van der Waals surface area (Å²) in [5, 5.41) is 4.71. The quantitative estimate of drug-likeness (QED) is 0.582. The minimum atomic E-state index is -0.652. The van der Waals surface area contributed by atoms with Crippen molar-refractivity contribution in [3.8, 4) is 0 Å². The van der Waals surface area contributed by atoms with E-state index in [1.165, 1.54) is 11.8 Å². The first-order valence-corrected chi connectivity index (χ1v) is 8.76. The second kappa shape index (κ2) is 9.97. The van der Waals surface area contributed by atoms with Gasteiger partial charge in [0.05, 0.1) is 5.75 Å². The molecule has 0 aliphatic heterocycles. The van der Waals surface area contributed by atoms with E-state index in [9.17, 15) is 14.4 Å². The van der Waals surface area contributed by atoms with Crippen LogP contribution in [-0.2, 0) is 14.3 Å². The van der Waals surface area contributed by atoms with E-state index in [1.54, 1.807) is 0 Å². The van der Waals surface area contributed by atoms with Gasteiger partial charge < -0.3 is 10.1 Å². The van der Waals surface area contributed by atoms with Crippen LogP contribution >= 0.6 is 11.8 Å². The van der Waals surface area contributed by atoms with Crippen LogP contribution in [0.2, 0.25) is 0 Å². The first-order valence-electron chi connectivity index (χ1n) is 7.77. The maximum atomic E-state index is 11.7. The summed E-state index contributed by atoms with van der Waals surface area (Å²) < 4.78 is 4.87. The van der Waals surface area contributed by atoms with Gasteiger partial charge in [0, 0.05) is 10.9 Å². The van der Waals surface area contributed by atoms with Crippen LogP contribution < -0.4 is 10.6 Å². The number of imide groups is 1. The molecule has 0 heterocycles. The Labute approximate surface area is 146 Å². The van der Waals surface area contributed by atoms with Gasteiger partial charge in [0.2, 0.25) is 0 Å². The minimum Gasteiger partial charge on any atom is -0.455 e. The maximum Gasteiger partial charge on any atom is 0.321 e. The number of urea groups is 1. The zero-order valence-electron chi connectivity index (χ0n) is 14.5. The van der Waals surface area contributed by atoms with E-state index in [1.807, 2.05) is 45.9 Å². The van der Waals surface area contributed by atoms with Crippen LogP contribution in [0.15, 0.2) is 23.1 Å². The molecular formula is C17H24N2O4S. The third-order valence-electron chi connectivity index (χ3n) is 3.28. The second-order valence-corrected chi connectivity index (χ2v) is 6.57. The van der Waals surface area contributed by atoms with Crippen LogP contribution in [0.5, 0.6) is 0 Å². The fourth-order valence-electron chi connectivity index (χ4n) is 1.81. The van der Waals surface area contributed by atoms with Crippen molar-refractivity contribution in [2.75, 3.05) is 12.4 Å². The Hall–Kier alpha value is -2.02. The molecule has 0 fully saturated rings. The number of aryl methyl sites for hydroxylation is 2. The van der Waals surface area contributed by atoms with Gasteiger partial charge in [-0.25, -0.2) is 4.79 Å². The molecule has 1 rings (SSSR count). The Morgan fingerprint density at radius 2 is 1.96 bits per heavy atom. The highest BCUT2D eigenvalue weighted by molar-refractivity contribution is 8.00. The molecule has 0 spiro atoms. The third kappa shape index (κ3) is 7.50. The number of carbonyl (C=O) groups excluding carboxylic acids is 3.